The molecule has 0 bridgehead atoms. The van der Waals surface area contributed by atoms with Gasteiger partial charge in [0.05, 0.1) is 17.6 Å². The van der Waals surface area contributed by atoms with Crippen LogP contribution in [0.2, 0.25) is 0 Å². The third kappa shape index (κ3) is 8.29. The molecule has 0 saturated carbocycles. The summed E-state index contributed by atoms with van der Waals surface area (Å²) in [6, 6.07) is 24.7. The first-order valence-corrected chi connectivity index (χ1v) is 15.9. The predicted molar refractivity (Wildman–Crippen MR) is 168 cm³/mol. The van der Waals surface area contributed by atoms with Gasteiger partial charge in [-0.25, -0.2) is 23.0 Å². The van der Waals surface area contributed by atoms with E-state index in [1.807, 2.05) is 42.0 Å². The van der Waals surface area contributed by atoms with Crippen LogP contribution >= 0.6 is 0 Å². The van der Waals surface area contributed by atoms with E-state index in [4.69, 9.17) is 19.0 Å². The number of halogens is 1. The average molecular weight is 647 g/mol. The van der Waals surface area contributed by atoms with Crippen molar-refractivity contribution in [3.8, 4) is 17.2 Å². The van der Waals surface area contributed by atoms with Crippen LogP contribution in [-0.2, 0) is 32.7 Å². The van der Waals surface area contributed by atoms with E-state index in [1.165, 1.54) is 24.3 Å². The maximum atomic E-state index is 15.4. The number of carbonyl (C=O) groups excluding carboxylic acids is 2. The van der Waals surface area contributed by atoms with Gasteiger partial charge in [0.25, 0.3) is 21.8 Å². The molecule has 1 aliphatic heterocycles. The topological polar surface area (TPSA) is 129 Å². The van der Waals surface area contributed by atoms with Crippen molar-refractivity contribution in [3.05, 3.63) is 130 Å². The second-order valence-electron chi connectivity index (χ2n) is 10.2. The molecule has 0 aromatic heterocycles. The lowest BCUT2D eigenvalue weighted by atomic mass is 10.0. The Morgan fingerprint density at radius 2 is 1.67 bits per heavy atom. The van der Waals surface area contributed by atoms with Gasteiger partial charge in [0.2, 0.25) is 12.9 Å². The summed E-state index contributed by atoms with van der Waals surface area (Å²) in [6.45, 7) is 1.93. The van der Waals surface area contributed by atoms with Gasteiger partial charge in [0, 0.05) is 11.6 Å². The third-order valence-electron chi connectivity index (χ3n) is 6.83. The number of benzene rings is 4. The van der Waals surface area contributed by atoms with Gasteiger partial charge in [-0.1, -0.05) is 80.1 Å². The number of hydrogen-bond acceptors (Lipinski definition) is 8. The van der Waals surface area contributed by atoms with Crippen LogP contribution < -0.4 is 24.4 Å². The molecule has 0 spiro atoms. The Kier molecular flexibility index (Phi) is 10.3. The minimum Gasteiger partial charge on any atom is -0.475 e. The molecule has 2 amide bonds. The monoisotopic (exact) mass is 646 g/mol. The Labute approximate surface area is 265 Å². The summed E-state index contributed by atoms with van der Waals surface area (Å²) in [7, 11) is -4.27. The van der Waals surface area contributed by atoms with Crippen molar-refractivity contribution < 1.29 is 41.4 Å². The van der Waals surface area contributed by atoms with Gasteiger partial charge in [-0.2, -0.15) is 0 Å². The van der Waals surface area contributed by atoms with E-state index in [2.05, 4.69) is 5.48 Å². The van der Waals surface area contributed by atoms with Crippen LogP contribution in [0.15, 0.2) is 96.4 Å². The van der Waals surface area contributed by atoms with Crippen LogP contribution in [-0.4, -0.2) is 27.0 Å². The molecule has 5 rings (SSSR count). The average Bonchev–Trinajstić information content (AvgIpc) is 3.52. The molecule has 1 unspecified atom stereocenters. The Balaban J connectivity index is 1.40. The summed E-state index contributed by atoms with van der Waals surface area (Å²) in [5.41, 5.74) is 4.03. The van der Waals surface area contributed by atoms with Gasteiger partial charge in [0.1, 0.15) is 11.6 Å². The van der Waals surface area contributed by atoms with Crippen molar-refractivity contribution in [1.29, 1.82) is 0 Å². The molecule has 0 saturated heterocycles. The van der Waals surface area contributed by atoms with Crippen molar-refractivity contribution in [3.63, 3.8) is 0 Å². The van der Waals surface area contributed by atoms with E-state index in [-0.39, 0.29) is 30.3 Å². The van der Waals surface area contributed by atoms with E-state index in [0.29, 0.717) is 35.5 Å². The zero-order chi connectivity index (χ0) is 32.5. The predicted octanol–water partition coefficient (Wildman–Crippen LogP) is 5.61. The maximum absolute atomic E-state index is 15.4. The number of hydroxylamine groups is 1. The first kappa shape index (κ1) is 32.2. The quantitative estimate of drug-likeness (QED) is 0.180. The molecule has 1 atom stereocenters. The second-order valence-corrected chi connectivity index (χ2v) is 11.8. The molecule has 2 N–H and O–H groups in total. The fourth-order valence-electron chi connectivity index (χ4n) is 4.60. The van der Waals surface area contributed by atoms with Crippen LogP contribution in [0.1, 0.15) is 52.1 Å². The lowest BCUT2D eigenvalue weighted by Gasteiger charge is -2.21. The first-order chi connectivity index (χ1) is 22.2. The molecule has 12 heteroatoms. The summed E-state index contributed by atoms with van der Waals surface area (Å²) in [4.78, 5) is 31.6. The number of carbonyl (C=O) groups is 2. The Hall–Kier alpha value is -5.20. The SMILES string of the molecule is CCCc1cc(C(=O)NOCc2ccccc2)c(F)cc1OC(C(=O)NS(=O)(=O)/C=C/c1ccccc1)c1ccc2c(c1)OCO2. The number of hydrogen-bond donors (Lipinski definition) is 2. The maximum Gasteiger partial charge on any atom is 0.279 e. The van der Waals surface area contributed by atoms with Crippen molar-refractivity contribution in [2.75, 3.05) is 6.79 Å². The molecular formula is C34H31FN2O8S. The smallest absolute Gasteiger partial charge is 0.279 e. The lowest BCUT2D eigenvalue weighted by molar-refractivity contribution is -0.126. The number of amides is 2. The number of aryl methyl sites for hydroxylation is 1. The lowest BCUT2D eigenvalue weighted by Crippen LogP contribution is -2.36. The van der Waals surface area contributed by atoms with Crippen LogP contribution in [0.25, 0.3) is 6.08 Å². The van der Waals surface area contributed by atoms with E-state index in [0.717, 1.165) is 17.0 Å². The zero-order valence-corrected chi connectivity index (χ0v) is 25.6. The van der Waals surface area contributed by atoms with E-state index >= 15 is 4.39 Å². The van der Waals surface area contributed by atoms with Gasteiger partial charge in [-0.3, -0.25) is 14.4 Å². The van der Waals surface area contributed by atoms with Gasteiger partial charge in [0.15, 0.2) is 11.5 Å². The van der Waals surface area contributed by atoms with Crippen LogP contribution in [0.4, 0.5) is 4.39 Å². The van der Waals surface area contributed by atoms with E-state index < -0.39 is 33.8 Å². The van der Waals surface area contributed by atoms with Crippen molar-refractivity contribution >= 4 is 27.9 Å². The second kappa shape index (κ2) is 14.7. The van der Waals surface area contributed by atoms with Crippen LogP contribution in [0.5, 0.6) is 17.2 Å². The number of rotatable bonds is 13. The third-order valence-corrected chi connectivity index (χ3v) is 7.81. The zero-order valence-electron chi connectivity index (χ0n) is 24.8. The Morgan fingerprint density at radius 3 is 2.41 bits per heavy atom. The summed E-state index contributed by atoms with van der Waals surface area (Å²) in [6.07, 6.45) is 0.730. The minimum absolute atomic E-state index is 0.0282. The summed E-state index contributed by atoms with van der Waals surface area (Å²) >= 11 is 0. The van der Waals surface area contributed by atoms with Gasteiger partial charge < -0.3 is 14.2 Å². The highest BCUT2D eigenvalue weighted by molar-refractivity contribution is 7.93. The van der Waals surface area contributed by atoms with Crippen molar-refractivity contribution in [2.45, 2.75) is 32.5 Å². The Morgan fingerprint density at radius 1 is 0.957 bits per heavy atom. The highest BCUT2D eigenvalue weighted by Gasteiger charge is 2.30. The number of ether oxygens (including phenoxy) is 3. The minimum atomic E-state index is -4.27. The molecule has 4 aromatic carbocycles. The molecule has 0 fully saturated rings. The highest BCUT2D eigenvalue weighted by atomic mass is 32.2. The fourth-order valence-corrected chi connectivity index (χ4v) is 5.39. The summed E-state index contributed by atoms with van der Waals surface area (Å²) in [5.74, 6) is -2.05. The van der Waals surface area contributed by atoms with Crippen molar-refractivity contribution in [1.82, 2.24) is 10.2 Å². The molecule has 4 aromatic rings. The number of nitrogens with one attached hydrogen (secondary N) is 2. The normalized spacial score (nSPS) is 12.9. The van der Waals surface area contributed by atoms with Crippen LogP contribution in [0.3, 0.4) is 0 Å². The largest absolute Gasteiger partial charge is 0.475 e. The fraction of sp³-hybridized carbons (Fsp3) is 0.176. The van der Waals surface area contributed by atoms with Crippen LogP contribution in [0, 0.1) is 5.82 Å². The molecule has 1 aliphatic rings. The number of sulfonamides is 1. The summed E-state index contributed by atoms with van der Waals surface area (Å²) < 4.78 is 60.0. The highest BCUT2D eigenvalue weighted by Crippen LogP contribution is 2.36. The van der Waals surface area contributed by atoms with Gasteiger partial charge >= 0.3 is 0 Å². The first-order valence-electron chi connectivity index (χ1n) is 14.4. The van der Waals surface area contributed by atoms with Gasteiger partial charge in [-0.05, 0) is 47.4 Å². The Bertz CT molecular complexity index is 1830. The van der Waals surface area contributed by atoms with E-state index in [9.17, 15) is 18.0 Å². The number of fused-ring (bicyclic) bond motifs is 1. The molecule has 238 valence electrons. The molecule has 46 heavy (non-hydrogen) atoms. The molecule has 0 radical (unpaired) electrons. The molecule has 1 heterocycles. The van der Waals surface area contributed by atoms with E-state index in [1.54, 1.807) is 36.4 Å². The summed E-state index contributed by atoms with van der Waals surface area (Å²) in [5, 5.41) is 0.867. The molecular weight excluding hydrogens is 615 g/mol. The standard InChI is InChI=1S/C34H31FN2O8S/c1-2-9-25-18-27(33(38)36-44-21-24-12-7-4-8-13-24)28(35)20-30(25)45-32(26-14-15-29-31(19-26)43-22-42-29)34(39)37-46(40,41)17-16-23-10-5-3-6-11-23/h3-8,10-20,32H,2,9,21-22H2,1H3,(H,36,38)(H,37,39)/b17-16+. The van der Waals surface area contributed by atoms with Gasteiger partial charge in [-0.15, -0.1) is 0 Å². The molecule has 0 aliphatic carbocycles. The molecule has 10 nitrogen and oxygen atoms in total. The van der Waals surface area contributed by atoms with Crippen molar-refractivity contribution in [2.24, 2.45) is 0 Å².